The van der Waals surface area contributed by atoms with E-state index in [1.54, 1.807) is 11.1 Å². The lowest BCUT2D eigenvalue weighted by molar-refractivity contribution is -0.134. The molecule has 0 radical (unpaired) electrons. The quantitative estimate of drug-likeness (QED) is 0.179. The number of ketones is 3. The molecule has 1 aromatic heterocycles. The fourth-order valence-electron chi connectivity index (χ4n) is 5.50. The Morgan fingerprint density at radius 1 is 1.05 bits per heavy atom. The highest BCUT2D eigenvalue weighted by atomic mass is 79.9. The van der Waals surface area contributed by atoms with Crippen molar-refractivity contribution < 1.29 is 19.2 Å². The van der Waals surface area contributed by atoms with E-state index in [0.29, 0.717) is 44.3 Å². The van der Waals surface area contributed by atoms with Crippen LogP contribution < -0.4 is 0 Å². The molecule has 6 nitrogen and oxygen atoms in total. The normalized spacial score (nSPS) is 13.4. The maximum Gasteiger partial charge on any atom is 0.245 e. The molecule has 204 valence electrons. The van der Waals surface area contributed by atoms with Crippen molar-refractivity contribution >= 4 is 50.1 Å². The zero-order valence-corrected chi connectivity index (χ0v) is 24.3. The molecule has 7 heteroatoms. The summed E-state index contributed by atoms with van der Waals surface area (Å²) >= 11 is 3.54. The zero-order valence-electron chi connectivity index (χ0n) is 22.7. The van der Waals surface area contributed by atoms with Crippen LogP contribution in [0.2, 0.25) is 0 Å². The van der Waals surface area contributed by atoms with Crippen LogP contribution in [0.3, 0.4) is 0 Å². The first-order valence-corrected chi connectivity index (χ1v) is 14.3. The van der Waals surface area contributed by atoms with Crippen molar-refractivity contribution in [2.45, 2.75) is 58.9 Å². The Morgan fingerprint density at radius 2 is 1.77 bits per heavy atom. The highest BCUT2D eigenvalue weighted by Crippen LogP contribution is 2.30. The lowest BCUT2D eigenvalue weighted by Gasteiger charge is -2.38. The minimum Gasteiger partial charge on any atom is -0.339 e. The average molecular weight is 592 g/mol. The van der Waals surface area contributed by atoms with E-state index in [0.717, 1.165) is 32.9 Å². The van der Waals surface area contributed by atoms with Crippen molar-refractivity contribution in [3.8, 4) is 0 Å². The fourth-order valence-corrected chi connectivity index (χ4v) is 6.07. The number of hydrogen-bond acceptors (Lipinski definition) is 4. The molecule has 0 bridgehead atoms. The number of hydrogen-bond donors (Lipinski definition) is 0. The van der Waals surface area contributed by atoms with Gasteiger partial charge in [-0.15, -0.1) is 0 Å². The van der Waals surface area contributed by atoms with Crippen LogP contribution in [0.25, 0.3) is 10.9 Å². The largest absolute Gasteiger partial charge is 0.339 e. The van der Waals surface area contributed by atoms with Crippen molar-refractivity contribution in [3.05, 3.63) is 82.0 Å². The number of fused-ring (bicyclic) bond motifs is 1. The third kappa shape index (κ3) is 6.82. The van der Waals surface area contributed by atoms with Crippen molar-refractivity contribution in [2.75, 3.05) is 13.1 Å². The number of carbonyl (C=O) groups is 4. The smallest absolute Gasteiger partial charge is 0.245 e. The summed E-state index contributed by atoms with van der Waals surface area (Å²) < 4.78 is 2.75. The van der Waals surface area contributed by atoms with Crippen LogP contribution >= 0.6 is 15.9 Å². The highest BCUT2D eigenvalue weighted by Gasteiger charge is 2.31. The van der Waals surface area contributed by atoms with Gasteiger partial charge in [0.2, 0.25) is 5.91 Å². The minimum absolute atomic E-state index is 0.0250. The van der Waals surface area contributed by atoms with Gasteiger partial charge in [0.05, 0.1) is 12.1 Å². The number of rotatable bonds is 13. The monoisotopic (exact) mass is 590 g/mol. The van der Waals surface area contributed by atoms with E-state index < -0.39 is 0 Å². The molecule has 2 aromatic carbocycles. The molecule has 0 saturated carbocycles. The van der Waals surface area contributed by atoms with E-state index in [2.05, 4.69) is 35.5 Å². The first-order valence-electron chi connectivity index (χ1n) is 13.5. The van der Waals surface area contributed by atoms with Gasteiger partial charge in [0, 0.05) is 66.3 Å². The summed E-state index contributed by atoms with van der Waals surface area (Å²) in [7, 11) is 0. The van der Waals surface area contributed by atoms with Crippen LogP contribution in [0.4, 0.5) is 0 Å². The van der Waals surface area contributed by atoms with E-state index in [1.165, 1.54) is 11.6 Å². The van der Waals surface area contributed by atoms with Gasteiger partial charge in [-0.05, 0) is 54.7 Å². The van der Waals surface area contributed by atoms with Crippen LogP contribution in [-0.4, -0.2) is 45.8 Å². The Kier molecular flexibility index (Phi) is 9.33. The Bertz CT molecular complexity index is 1430. The molecule has 4 rings (SSSR count). The van der Waals surface area contributed by atoms with Gasteiger partial charge in [0.15, 0.2) is 11.6 Å². The van der Waals surface area contributed by atoms with E-state index in [1.807, 2.05) is 41.8 Å². The number of aromatic nitrogens is 1. The van der Waals surface area contributed by atoms with Gasteiger partial charge in [0.25, 0.3) is 0 Å². The minimum atomic E-state index is -0.105. The Labute approximate surface area is 238 Å². The van der Waals surface area contributed by atoms with Gasteiger partial charge in [-0.2, -0.15) is 0 Å². The summed E-state index contributed by atoms with van der Waals surface area (Å²) in [5.74, 6) is 0.234. The van der Waals surface area contributed by atoms with Gasteiger partial charge in [-0.1, -0.05) is 53.7 Å². The molecule has 1 fully saturated rings. The maximum atomic E-state index is 13.3. The fraction of sp³-hybridized carbons (Fsp3) is 0.375. The number of amides is 1. The molecule has 1 aliphatic heterocycles. The van der Waals surface area contributed by atoms with E-state index in [-0.39, 0.29) is 42.1 Å². The first kappa shape index (κ1) is 28.7. The van der Waals surface area contributed by atoms with E-state index in [4.69, 9.17) is 0 Å². The Morgan fingerprint density at radius 3 is 2.46 bits per heavy atom. The number of nitrogens with zero attached hydrogens (tertiary/aromatic N) is 2. The summed E-state index contributed by atoms with van der Waals surface area (Å²) in [5.41, 5.74) is 4.68. The Hall–Kier alpha value is -3.32. The molecular formula is C32H35BrN2O4. The average Bonchev–Trinajstić information content (AvgIpc) is 3.23. The summed E-state index contributed by atoms with van der Waals surface area (Å²) in [5, 5.41) is 0.814. The maximum absolute atomic E-state index is 13.3. The van der Waals surface area contributed by atoms with E-state index in [9.17, 15) is 19.2 Å². The summed E-state index contributed by atoms with van der Waals surface area (Å²) in [6, 6.07) is 11.9. The van der Waals surface area contributed by atoms with Crippen molar-refractivity contribution in [3.63, 3.8) is 0 Å². The van der Waals surface area contributed by atoms with Crippen LogP contribution in [-0.2, 0) is 33.8 Å². The molecular weight excluding hydrogens is 556 g/mol. The summed E-state index contributed by atoms with van der Waals surface area (Å²) in [6.07, 6.45) is 5.88. The molecule has 0 N–H and O–H groups in total. The molecule has 1 aliphatic rings. The molecule has 3 aromatic rings. The van der Waals surface area contributed by atoms with Crippen LogP contribution in [0.5, 0.6) is 0 Å². The topological polar surface area (TPSA) is 76.5 Å². The number of halogens is 1. The van der Waals surface area contributed by atoms with Crippen LogP contribution in [0, 0.1) is 12.8 Å². The van der Waals surface area contributed by atoms with Gasteiger partial charge in [-0.3, -0.25) is 19.2 Å². The predicted molar refractivity (Wildman–Crippen MR) is 157 cm³/mol. The number of carbonyl (C=O) groups excluding carboxylic acids is 4. The molecule has 1 saturated heterocycles. The number of benzene rings is 2. The zero-order chi connectivity index (χ0) is 28.1. The summed E-state index contributed by atoms with van der Waals surface area (Å²) in [4.78, 5) is 52.2. The highest BCUT2D eigenvalue weighted by molar-refractivity contribution is 9.10. The molecule has 0 spiro atoms. The molecule has 0 unspecified atom stereocenters. The second-order valence-corrected chi connectivity index (χ2v) is 11.4. The molecule has 2 heterocycles. The summed E-state index contributed by atoms with van der Waals surface area (Å²) in [6.45, 7) is 8.88. The van der Waals surface area contributed by atoms with Gasteiger partial charge in [0.1, 0.15) is 5.78 Å². The second kappa shape index (κ2) is 12.7. The number of aryl methyl sites for hydroxylation is 2. The van der Waals surface area contributed by atoms with Gasteiger partial charge >= 0.3 is 0 Å². The standard InChI is InChI=1S/C32H35BrN2O4/c1-4-23-9-6-7-10-24(23)15-26(36)11-8-12-30(38)29-20-35(32-21(3)13-25(33)16-28(29)32)19-27(37)14-22-17-34(18-22)31(39)5-2/h5-7,9-10,13,16,20,22H,2,4,8,11-12,14-15,17-19H2,1,3H3. The third-order valence-corrected chi connectivity index (χ3v) is 7.94. The predicted octanol–water partition coefficient (Wildman–Crippen LogP) is 6.04. The van der Waals surface area contributed by atoms with Crippen molar-refractivity contribution in [1.82, 2.24) is 9.47 Å². The van der Waals surface area contributed by atoms with Crippen molar-refractivity contribution in [2.24, 2.45) is 5.92 Å². The molecule has 0 aliphatic carbocycles. The van der Waals surface area contributed by atoms with Crippen molar-refractivity contribution in [1.29, 1.82) is 0 Å². The lowest BCUT2D eigenvalue weighted by atomic mass is 9.94. The Balaban J connectivity index is 1.40. The van der Waals surface area contributed by atoms with Gasteiger partial charge in [-0.25, -0.2) is 0 Å². The molecule has 39 heavy (non-hydrogen) atoms. The van der Waals surface area contributed by atoms with Crippen LogP contribution in [0.15, 0.2) is 59.7 Å². The van der Waals surface area contributed by atoms with Crippen LogP contribution in [0.1, 0.15) is 59.7 Å². The second-order valence-electron chi connectivity index (χ2n) is 10.5. The molecule has 1 amide bonds. The first-order chi connectivity index (χ1) is 18.7. The van der Waals surface area contributed by atoms with Gasteiger partial charge < -0.3 is 9.47 Å². The third-order valence-electron chi connectivity index (χ3n) is 7.48. The number of likely N-dealkylation sites (tertiary alicyclic amines) is 1. The SMILES string of the molecule is C=CC(=O)N1CC(CC(=O)Cn2cc(C(=O)CCCC(=O)Cc3ccccc3CC)c3cc(Br)cc(C)c32)C1. The van der Waals surface area contributed by atoms with E-state index >= 15 is 0 Å². The number of Topliss-reactive ketones (excluding diaryl/α,β-unsaturated/α-hetero) is 3. The lowest BCUT2D eigenvalue weighted by Crippen LogP contribution is -2.50. The molecule has 0 atom stereocenters.